The lowest BCUT2D eigenvalue weighted by atomic mass is 9.99. The molecule has 0 saturated carbocycles. The molecule has 0 aliphatic heterocycles. The number of hydrogen-bond donors (Lipinski definition) is 1. The molecule has 0 bridgehead atoms. The second kappa shape index (κ2) is 5.98. The Labute approximate surface area is 113 Å². The summed E-state index contributed by atoms with van der Waals surface area (Å²) < 4.78 is 0. The van der Waals surface area contributed by atoms with Crippen molar-refractivity contribution in [2.24, 2.45) is 5.73 Å². The predicted octanol–water partition coefficient (Wildman–Crippen LogP) is 3.54. The zero-order valence-corrected chi connectivity index (χ0v) is 11.2. The maximum Gasteiger partial charge on any atom is 0.0622 e. The van der Waals surface area contributed by atoms with E-state index in [0.717, 1.165) is 24.0 Å². The van der Waals surface area contributed by atoms with Crippen molar-refractivity contribution in [3.8, 4) is 0 Å². The fourth-order valence-electron chi connectivity index (χ4n) is 1.92. The van der Waals surface area contributed by atoms with Crippen molar-refractivity contribution in [3.05, 3.63) is 64.4 Å². The summed E-state index contributed by atoms with van der Waals surface area (Å²) in [4.78, 5) is 3.97. The van der Waals surface area contributed by atoms with Crippen LogP contribution in [0.25, 0.3) is 0 Å². The molecule has 2 aromatic rings. The highest BCUT2D eigenvalue weighted by molar-refractivity contribution is 6.31. The number of benzene rings is 1. The van der Waals surface area contributed by atoms with Crippen molar-refractivity contribution in [1.29, 1.82) is 0 Å². The Morgan fingerprint density at radius 2 is 1.94 bits per heavy atom. The SMILES string of the molecule is CCc1ccc(C(N)Cc2ccncc2Cl)cc1. The normalized spacial score (nSPS) is 12.4. The van der Waals surface area contributed by atoms with E-state index in [9.17, 15) is 0 Å². The van der Waals surface area contributed by atoms with Crippen LogP contribution in [0.5, 0.6) is 0 Å². The Morgan fingerprint density at radius 3 is 2.56 bits per heavy atom. The molecule has 18 heavy (non-hydrogen) atoms. The van der Waals surface area contributed by atoms with Gasteiger partial charge in [-0.2, -0.15) is 0 Å². The molecule has 94 valence electrons. The Kier molecular flexibility index (Phi) is 4.34. The van der Waals surface area contributed by atoms with Gasteiger partial charge in [0.1, 0.15) is 0 Å². The molecule has 0 radical (unpaired) electrons. The van der Waals surface area contributed by atoms with Gasteiger partial charge in [0.15, 0.2) is 0 Å². The van der Waals surface area contributed by atoms with E-state index < -0.39 is 0 Å². The standard InChI is InChI=1S/C15H17ClN2/c1-2-11-3-5-12(6-4-11)15(17)9-13-7-8-18-10-14(13)16/h3-8,10,15H,2,9,17H2,1H3. The van der Waals surface area contributed by atoms with Gasteiger partial charge in [-0.3, -0.25) is 4.98 Å². The zero-order valence-electron chi connectivity index (χ0n) is 10.4. The first kappa shape index (κ1) is 13.1. The fourth-order valence-corrected chi connectivity index (χ4v) is 2.12. The van der Waals surface area contributed by atoms with E-state index in [0.29, 0.717) is 5.02 Å². The Bertz CT molecular complexity index is 508. The molecule has 1 atom stereocenters. The molecule has 0 saturated heterocycles. The van der Waals surface area contributed by atoms with Gasteiger partial charge < -0.3 is 5.73 Å². The minimum absolute atomic E-state index is 0.0317. The molecule has 1 aromatic heterocycles. The van der Waals surface area contributed by atoms with Gasteiger partial charge in [-0.25, -0.2) is 0 Å². The molecule has 2 rings (SSSR count). The molecular weight excluding hydrogens is 244 g/mol. The van der Waals surface area contributed by atoms with E-state index >= 15 is 0 Å². The maximum atomic E-state index is 6.21. The van der Waals surface area contributed by atoms with Gasteiger partial charge in [0.2, 0.25) is 0 Å². The third-order valence-electron chi connectivity index (χ3n) is 3.11. The lowest BCUT2D eigenvalue weighted by Crippen LogP contribution is -2.13. The zero-order chi connectivity index (χ0) is 13.0. The van der Waals surface area contributed by atoms with Crippen LogP contribution >= 0.6 is 11.6 Å². The van der Waals surface area contributed by atoms with E-state index in [1.807, 2.05) is 6.07 Å². The number of pyridine rings is 1. The summed E-state index contributed by atoms with van der Waals surface area (Å²) >= 11 is 6.09. The number of halogens is 1. The van der Waals surface area contributed by atoms with Gasteiger partial charge in [0.25, 0.3) is 0 Å². The Hall–Kier alpha value is -1.38. The van der Waals surface area contributed by atoms with Gasteiger partial charge in [0.05, 0.1) is 5.02 Å². The predicted molar refractivity (Wildman–Crippen MR) is 75.7 cm³/mol. The average molecular weight is 261 g/mol. The maximum absolute atomic E-state index is 6.21. The molecule has 0 aliphatic carbocycles. The van der Waals surface area contributed by atoms with Gasteiger partial charge in [0, 0.05) is 18.4 Å². The first-order valence-electron chi connectivity index (χ1n) is 6.13. The van der Waals surface area contributed by atoms with E-state index in [-0.39, 0.29) is 6.04 Å². The summed E-state index contributed by atoms with van der Waals surface area (Å²) in [6.45, 7) is 2.14. The highest BCUT2D eigenvalue weighted by Gasteiger charge is 2.09. The molecule has 1 heterocycles. The van der Waals surface area contributed by atoms with Crippen molar-refractivity contribution < 1.29 is 0 Å². The third kappa shape index (κ3) is 3.09. The number of nitrogens with two attached hydrogens (primary N) is 1. The number of aryl methyl sites for hydroxylation is 1. The van der Waals surface area contributed by atoms with Crippen molar-refractivity contribution in [2.75, 3.05) is 0 Å². The van der Waals surface area contributed by atoms with Crippen LogP contribution in [-0.2, 0) is 12.8 Å². The van der Waals surface area contributed by atoms with E-state index in [2.05, 4.69) is 36.2 Å². The molecule has 2 N–H and O–H groups in total. The third-order valence-corrected chi connectivity index (χ3v) is 3.45. The Balaban J connectivity index is 2.11. The minimum Gasteiger partial charge on any atom is -0.324 e. The van der Waals surface area contributed by atoms with Crippen LogP contribution in [0, 0.1) is 0 Å². The van der Waals surface area contributed by atoms with Gasteiger partial charge in [-0.05, 0) is 35.6 Å². The molecule has 0 spiro atoms. The van der Waals surface area contributed by atoms with Gasteiger partial charge >= 0.3 is 0 Å². The van der Waals surface area contributed by atoms with Crippen molar-refractivity contribution >= 4 is 11.6 Å². The average Bonchev–Trinajstić information content (AvgIpc) is 2.41. The van der Waals surface area contributed by atoms with Crippen LogP contribution in [0.15, 0.2) is 42.7 Å². The van der Waals surface area contributed by atoms with Crippen LogP contribution in [0.3, 0.4) is 0 Å². The van der Waals surface area contributed by atoms with Crippen molar-refractivity contribution in [1.82, 2.24) is 4.98 Å². The summed E-state index contributed by atoms with van der Waals surface area (Å²) in [6, 6.07) is 10.3. The van der Waals surface area contributed by atoms with Crippen molar-refractivity contribution in [2.45, 2.75) is 25.8 Å². The van der Waals surface area contributed by atoms with Crippen LogP contribution < -0.4 is 5.73 Å². The number of nitrogens with zero attached hydrogens (tertiary/aromatic N) is 1. The largest absolute Gasteiger partial charge is 0.324 e. The van der Waals surface area contributed by atoms with Crippen LogP contribution in [0.1, 0.15) is 29.7 Å². The Morgan fingerprint density at radius 1 is 1.22 bits per heavy atom. The topological polar surface area (TPSA) is 38.9 Å². The van der Waals surface area contributed by atoms with Gasteiger partial charge in [-0.15, -0.1) is 0 Å². The second-order valence-corrected chi connectivity index (χ2v) is 4.78. The summed E-state index contributed by atoms with van der Waals surface area (Å²) in [5, 5.41) is 0.679. The summed E-state index contributed by atoms with van der Waals surface area (Å²) in [5.41, 5.74) is 9.71. The molecule has 0 fully saturated rings. The number of hydrogen-bond acceptors (Lipinski definition) is 2. The minimum atomic E-state index is -0.0317. The molecule has 2 nitrogen and oxygen atoms in total. The molecule has 0 amide bonds. The highest BCUT2D eigenvalue weighted by Crippen LogP contribution is 2.21. The number of aromatic nitrogens is 1. The van der Waals surface area contributed by atoms with Gasteiger partial charge in [-0.1, -0.05) is 42.8 Å². The molecule has 3 heteroatoms. The van der Waals surface area contributed by atoms with Crippen molar-refractivity contribution in [3.63, 3.8) is 0 Å². The lowest BCUT2D eigenvalue weighted by molar-refractivity contribution is 0.720. The first-order chi connectivity index (χ1) is 8.70. The van der Waals surface area contributed by atoms with E-state index in [1.165, 1.54) is 5.56 Å². The van der Waals surface area contributed by atoms with Crippen LogP contribution in [-0.4, -0.2) is 4.98 Å². The molecule has 1 unspecified atom stereocenters. The van der Waals surface area contributed by atoms with E-state index in [1.54, 1.807) is 12.4 Å². The summed E-state index contributed by atoms with van der Waals surface area (Å²) in [5.74, 6) is 0. The monoisotopic (exact) mass is 260 g/mol. The lowest BCUT2D eigenvalue weighted by Gasteiger charge is -2.13. The van der Waals surface area contributed by atoms with Crippen LogP contribution in [0.2, 0.25) is 5.02 Å². The highest BCUT2D eigenvalue weighted by atomic mass is 35.5. The number of rotatable bonds is 4. The molecule has 0 aliphatic rings. The molecule has 1 aromatic carbocycles. The summed E-state index contributed by atoms with van der Waals surface area (Å²) in [7, 11) is 0. The van der Waals surface area contributed by atoms with E-state index in [4.69, 9.17) is 17.3 Å². The smallest absolute Gasteiger partial charge is 0.0622 e. The van der Waals surface area contributed by atoms with Crippen LogP contribution in [0.4, 0.5) is 0 Å². The fraction of sp³-hybridized carbons (Fsp3) is 0.267. The quantitative estimate of drug-likeness (QED) is 0.913. The molecular formula is C15H17ClN2. The summed E-state index contributed by atoms with van der Waals surface area (Å²) in [6.07, 6.45) is 5.18. The second-order valence-electron chi connectivity index (χ2n) is 4.37. The first-order valence-corrected chi connectivity index (χ1v) is 6.51.